The van der Waals surface area contributed by atoms with E-state index in [4.69, 9.17) is 9.47 Å². The van der Waals surface area contributed by atoms with Gasteiger partial charge in [0.2, 0.25) is 6.29 Å². The molecule has 3 unspecified atom stereocenters. The third kappa shape index (κ3) is 4.03. The van der Waals surface area contributed by atoms with Crippen LogP contribution in [0.4, 0.5) is 0 Å². The Bertz CT molecular complexity index is 202. The summed E-state index contributed by atoms with van der Waals surface area (Å²) in [6.45, 7) is 6.76. The topological polar surface area (TPSA) is 35.5 Å². The Morgan fingerprint density at radius 3 is 2.87 bits per heavy atom. The Kier molecular flexibility index (Phi) is 5.47. The number of hydrogen-bond donors (Lipinski definition) is 0. The molecule has 1 heterocycles. The minimum absolute atomic E-state index is 0.0365. The molecule has 1 rings (SSSR count). The lowest BCUT2D eigenvalue weighted by atomic mass is 9.94. The van der Waals surface area contributed by atoms with Gasteiger partial charge in [0, 0.05) is 5.75 Å². The first-order chi connectivity index (χ1) is 7.15. The van der Waals surface area contributed by atoms with Gasteiger partial charge in [-0.2, -0.15) is 11.8 Å². The molecule has 0 N–H and O–H groups in total. The van der Waals surface area contributed by atoms with Crippen LogP contribution in [0.25, 0.3) is 0 Å². The second-order valence-electron chi connectivity index (χ2n) is 3.99. The van der Waals surface area contributed by atoms with Crippen LogP contribution in [0, 0.1) is 11.8 Å². The Balaban J connectivity index is 2.33. The van der Waals surface area contributed by atoms with Crippen molar-refractivity contribution in [3.05, 3.63) is 0 Å². The average Bonchev–Trinajstić information content (AvgIpc) is 2.28. The van der Waals surface area contributed by atoms with E-state index in [1.807, 2.05) is 6.92 Å². The molecule has 1 aliphatic rings. The lowest BCUT2D eigenvalue weighted by Gasteiger charge is -2.25. The number of thioether (sulfide) groups is 1. The summed E-state index contributed by atoms with van der Waals surface area (Å²) in [6.07, 6.45) is 0.666. The van der Waals surface area contributed by atoms with Crippen molar-refractivity contribution in [2.45, 2.75) is 33.5 Å². The van der Waals surface area contributed by atoms with Crippen LogP contribution < -0.4 is 0 Å². The fraction of sp³-hybridized carbons (Fsp3) is 0.909. The largest absolute Gasteiger partial charge is 0.435 e. The SMILES string of the molecule is CCC(C)C(C)C(=O)OC1CSCCO1. The fourth-order valence-electron chi connectivity index (χ4n) is 1.36. The Morgan fingerprint density at radius 2 is 2.33 bits per heavy atom. The van der Waals surface area contributed by atoms with Gasteiger partial charge in [0.05, 0.1) is 18.3 Å². The zero-order valence-electron chi connectivity index (χ0n) is 9.69. The second-order valence-corrected chi connectivity index (χ2v) is 5.14. The van der Waals surface area contributed by atoms with Crippen LogP contribution in [0.2, 0.25) is 0 Å². The maximum absolute atomic E-state index is 11.7. The predicted octanol–water partition coefficient (Wildman–Crippen LogP) is 2.30. The molecule has 0 aromatic carbocycles. The number of carbonyl (C=O) groups excluding carboxylic acids is 1. The van der Waals surface area contributed by atoms with Gasteiger partial charge in [-0.3, -0.25) is 4.79 Å². The van der Waals surface area contributed by atoms with E-state index in [1.165, 1.54) is 0 Å². The zero-order valence-corrected chi connectivity index (χ0v) is 10.5. The first kappa shape index (κ1) is 12.8. The summed E-state index contributed by atoms with van der Waals surface area (Å²) in [5.74, 6) is 1.96. The quantitative estimate of drug-likeness (QED) is 0.697. The van der Waals surface area contributed by atoms with Crippen LogP contribution in [0.15, 0.2) is 0 Å². The number of esters is 1. The van der Waals surface area contributed by atoms with Gasteiger partial charge in [-0.05, 0) is 5.92 Å². The highest BCUT2D eigenvalue weighted by molar-refractivity contribution is 7.99. The molecule has 0 aliphatic carbocycles. The van der Waals surface area contributed by atoms with Gasteiger partial charge in [-0.15, -0.1) is 0 Å². The molecule has 3 nitrogen and oxygen atoms in total. The standard InChI is InChI=1S/C11H20O3S/c1-4-8(2)9(3)11(12)14-10-7-15-6-5-13-10/h8-10H,4-7H2,1-3H3. The number of carbonyl (C=O) groups is 1. The highest BCUT2D eigenvalue weighted by atomic mass is 32.2. The van der Waals surface area contributed by atoms with E-state index < -0.39 is 0 Å². The van der Waals surface area contributed by atoms with Crippen molar-refractivity contribution in [3.63, 3.8) is 0 Å². The van der Waals surface area contributed by atoms with Crippen molar-refractivity contribution in [2.75, 3.05) is 18.1 Å². The number of ether oxygens (including phenoxy) is 2. The molecule has 1 fully saturated rings. The Labute approximate surface area is 95.9 Å². The van der Waals surface area contributed by atoms with Crippen molar-refractivity contribution in [1.82, 2.24) is 0 Å². The minimum atomic E-state index is -0.331. The molecule has 0 amide bonds. The highest BCUT2D eigenvalue weighted by Gasteiger charge is 2.25. The summed E-state index contributed by atoms with van der Waals surface area (Å²) in [5.41, 5.74) is 0. The summed E-state index contributed by atoms with van der Waals surface area (Å²) in [4.78, 5) is 11.7. The Morgan fingerprint density at radius 1 is 1.60 bits per heavy atom. The third-order valence-corrected chi connectivity index (χ3v) is 3.87. The van der Waals surface area contributed by atoms with Gasteiger partial charge in [0.1, 0.15) is 0 Å². The smallest absolute Gasteiger partial charge is 0.311 e. The van der Waals surface area contributed by atoms with Gasteiger partial charge in [0.15, 0.2) is 0 Å². The summed E-state index contributed by atoms with van der Waals surface area (Å²) < 4.78 is 10.6. The van der Waals surface area contributed by atoms with E-state index >= 15 is 0 Å². The van der Waals surface area contributed by atoms with E-state index in [0.29, 0.717) is 12.5 Å². The summed E-state index contributed by atoms with van der Waals surface area (Å²) in [7, 11) is 0. The van der Waals surface area contributed by atoms with Gasteiger partial charge in [-0.1, -0.05) is 27.2 Å². The first-order valence-electron chi connectivity index (χ1n) is 5.55. The summed E-state index contributed by atoms with van der Waals surface area (Å²) in [5, 5.41) is 0. The van der Waals surface area contributed by atoms with Crippen LogP contribution in [-0.4, -0.2) is 30.4 Å². The Hall–Kier alpha value is -0.220. The van der Waals surface area contributed by atoms with Crippen molar-refractivity contribution in [2.24, 2.45) is 11.8 Å². The van der Waals surface area contributed by atoms with Gasteiger partial charge >= 0.3 is 5.97 Å². The molecule has 1 saturated heterocycles. The molecule has 1 aliphatic heterocycles. The van der Waals surface area contributed by atoms with Crippen LogP contribution in [-0.2, 0) is 14.3 Å². The zero-order chi connectivity index (χ0) is 11.3. The van der Waals surface area contributed by atoms with Crippen LogP contribution in [0.5, 0.6) is 0 Å². The van der Waals surface area contributed by atoms with Crippen LogP contribution in [0.1, 0.15) is 27.2 Å². The van der Waals surface area contributed by atoms with E-state index in [2.05, 4.69) is 13.8 Å². The first-order valence-corrected chi connectivity index (χ1v) is 6.70. The molecule has 3 atom stereocenters. The molecule has 0 aromatic rings. The molecule has 15 heavy (non-hydrogen) atoms. The summed E-state index contributed by atoms with van der Waals surface area (Å²) >= 11 is 1.77. The van der Waals surface area contributed by atoms with Crippen molar-refractivity contribution in [1.29, 1.82) is 0 Å². The van der Waals surface area contributed by atoms with Gasteiger partial charge in [0.25, 0.3) is 0 Å². The van der Waals surface area contributed by atoms with Gasteiger partial charge in [-0.25, -0.2) is 0 Å². The summed E-state index contributed by atoms with van der Waals surface area (Å²) in [6, 6.07) is 0. The van der Waals surface area contributed by atoms with Crippen molar-refractivity contribution < 1.29 is 14.3 Å². The van der Waals surface area contributed by atoms with Crippen molar-refractivity contribution in [3.8, 4) is 0 Å². The number of hydrogen-bond acceptors (Lipinski definition) is 4. The molecule has 0 saturated carbocycles. The van der Waals surface area contributed by atoms with E-state index in [1.54, 1.807) is 11.8 Å². The molecule has 4 heteroatoms. The molecule has 0 radical (unpaired) electrons. The minimum Gasteiger partial charge on any atom is -0.435 e. The number of rotatable bonds is 4. The maximum Gasteiger partial charge on any atom is 0.311 e. The molecular formula is C11H20O3S. The predicted molar refractivity (Wildman–Crippen MR) is 61.8 cm³/mol. The molecule has 0 spiro atoms. The average molecular weight is 232 g/mol. The molecule has 88 valence electrons. The molecular weight excluding hydrogens is 212 g/mol. The second kappa shape index (κ2) is 6.38. The van der Waals surface area contributed by atoms with Gasteiger partial charge < -0.3 is 9.47 Å². The van der Waals surface area contributed by atoms with Crippen molar-refractivity contribution >= 4 is 17.7 Å². The maximum atomic E-state index is 11.7. The lowest BCUT2D eigenvalue weighted by Crippen LogP contribution is -2.32. The lowest BCUT2D eigenvalue weighted by molar-refractivity contribution is -0.179. The normalized spacial score (nSPS) is 25.7. The van der Waals surface area contributed by atoms with Crippen LogP contribution in [0.3, 0.4) is 0 Å². The van der Waals surface area contributed by atoms with E-state index in [0.717, 1.165) is 17.9 Å². The van der Waals surface area contributed by atoms with E-state index in [-0.39, 0.29) is 18.2 Å². The van der Waals surface area contributed by atoms with E-state index in [9.17, 15) is 4.79 Å². The molecule has 0 aromatic heterocycles. The highest BCUT2D eigenvalue weighted by Crippen LogP contribution is 2.19. The molecule has 0 bridgehead atoms. The third-order valence-electron chi connectivity index (χ3n) is 2.90. The fourth-order valence-corrected chi connectivity index (χ4v) is 2.09. The monoisotopic (exact) mass is 232 g/mol. The van der Waals surface area contributed by atoms with Crippen LogP contribution >= 0.6 is 11.8 Å².